The van der Waals surface area contributed by atoms with E-state index in [2.05, 4.69) is 4.98 Å². The zero-order valence-corrected chi connectivity index (χ0v) is 27.1. The second-order valence-electron chi connectivity index (χ2n) is 11.7. The number of ether oxygens (including phenoxy) is 5. The molecule has 250 valence electrons. The summed E-state index contributed by atoms with van der Waals surface area (Å²) >= 11 is 0. The molecule has 1 aliphatic heterocycles. The lowest BCUT2D eigenvalue weighted by Crippen LogP contribution is -2.46. The molecule has 0 bridgehead atoms. The molecule has 1 aromatic heterocycles. The smallest absolute Gasteiger partial charge is 0.407 e. The first-order valence-electron chi connectivity index (χ1n) is 16.1. The van der Waals surface area contributed by atoms with Gasteiger partial charge in [-0.3, -0.25) is 4.79 Å². The summed E-state index contributed by atoms with van der Waals surface area (Å²) in [6.07, 6.45) is 1.19. The van der Waals surface area contributed by atoms with Gasteiger partial charge in [-0.1, -0.05) is 42.5 Å². The minimum absolute atomic E-state index is 0.00628. The van der Waals surface area contributed by atoms with Crippen LogP contribution in [0.25, 0.3) is 10.9 Å². The molecule has 2 heterocycles. The van der Waals surface area contributed by atoms with E-state index in [0.29, 0.717) is 45.8 Å². The Bertz CT molecular complexity index is 1640. The van der Waals surface area contributed by atoms with Crippen molar-refractivity contribution in [1.82, 2.24) is 9.88 Å². The van der Waals surface area contributed by atoms with Gasteiger partial charge in [0.2, 0.25) is 5.56 Å². The number of nitrogens with one attached hydrogen (secondary N) is 1. The van der Waals surface area contributed by atoms with Gasteiger partial charge in [0.05, 0.1) is 45.7 Å². The van der Waals surface area contributed by atoms with Gasteiger partial charge in [0, 0.05) is 49.7 Å². The van der Waals surface area contributed by atoms with E-state index in [1.165, 1.54) is 11.0 Å². The second kappa shape index (κ2) is 17.0. The van der Waals surface area contributed by atoms with Gasteiger partial charge in [0.1, 0.15) is 11.5 Å². The lowest BCUT2D eigenvalue weighted by Gasteiger charge is -2.39. The molecule has 0 radical (unpaired) electrons. The molecule has 1 aliphatic rings. The fraction of sp³-hybridized carbons (Fsp3) is 0.405. The Balaban J connectivity index is 1.23. The fourth-order valence-corrected chi connectivity index (χ4v) is 6.08. The summed E-state index contributed by atoms with van der Waals surface area (Å²) in [4.78, 5) is 28.3. The van der Waals surface area contributed by atoms with Crippen LogP contribution in [0.15, 0.2) is 83.7 Å². The number of amides is 1. The van der Waals surface area contributed by atoms with E-state index >= 15 is 0 Å². The Morgan fingerprint density at radius 1 is 0.979 bits per heavy atom. The number of carboxylic acid groups (broad SMARTS) is 1. The van der Waals surface area contributed by atoms with Gasteiger partial charge in [0.15, 0.2) is 0 Å². The van der Waals surface area contributed by atoms with E-state index in [9.17, 15) is 14.7 Å². The SMILES string of the molecule is COCCCC(OC1CN(C(=O)O)CCC1c1ccc(OCCCOCc2ccccc2OC)cc1)c1ccc2ccc(=O)[nH]c2c1. The van der Waals surface area contributed by atoms with Crippen molar-refractivity contribution >= 4 is 17.0 Å². The summed E-state index contributed by atoms with van der Waals surface area (Å²) < 4.78 is 29.3. The van der Waals surface area contributed by atoms with Crippen molar-refractivity contribution in [2.75, 3.05) is 47.1 Å². The van der Waals surface area contributed by atoms with Gasteiger partial charge < -0.3 is 38.7 Å². The maximum absolute atomic E-state index is 12.0. The highest BCUT2D eigenvalue weighted by molar-refractivity contribution is 5.79. The number of H-pyrrole nitrogens is 1. The van der Waals surface area contributed by atoms with Gasteiger partial charge in [0.25, 0.3) is 0 Å². The van der Waals surface area contributed by atoms with Crippen LogP contribution in [0.1, 0.15) is 54.4 Å². The maximum Gasteiger partial charge on any atom is 0.407 e. The molecule has 4 aromatic rings. The number of pyridine rings is 1. The Hall–Kier alpha value is -4.38. The molecule has 0 saturated carbocycles. The van der Waals surface area contributed by atoms with Gasteiger partial charge in [-0.15, -0.1) is 0 Å². The number of fused-ring (bicyclic) bond motifs is 1. The summed E-state index contributed by atoms with van der Waals surface area (Å²) in [6.45, 7) is 2.84. The fourth-order valence-electron chi connectivity index (χ4n) is 6.08. The number of nitrogens with zero attached hydrogens (tertiary/aromatic N) is 1. The molecule has 3 aromatic carbocycles. The quantitative estimate of drug-likeness (QED) is 0.132. The molecule has 0 spiro atoms. The van der Waals surface area contributed by atoms with E-state index in [0.717, 1.165) is 51.9 Å². The Morgan fingerprint density at radius 3 is 2.57 bits per heavy atom. The predicted octanol–water partition coefficient (Wildman–Crippen LogP) is 6.54. The van der Waals surface area contributed by atoms with Crippen LogP contribution in [-0.2, 0) is 20.8 Å². The van der Waals surface area contributed by atoms with E-state index in [-0.39, 0.29) is 30.2 Å². The van der Waals surface area contributed by atoms with Crippen LogP contribution in [0.3, 0.4) is 0 Å². The molecule has 0 aliphatic carbocycles. The van der Waals surface area contributed by atoms with Gasteiger partial charge >= 0.3 is 6.09 Å². The van der Waals surface area contributed by atoms with Crippen LogP contribution in [0.2, 0.25) is 0 Å². The molecule has 1 saturated heterocycles. The van der Waals surface area contributed by atoms with Crippen molar-refractivity contribution in [1.29, 1.82) is 0 Å². The third-order valence-electron chi connectivity index (χ3n) is 8.56. The highest BCUT2D eigenvalue weighted by Crippen LogP contribution is 2.36. The Morgan fingerprint density at radius 2 is 1.79 bits per heavy atom. The van der Waals surface area contributed by atoms with Crippen molar-refractivity contribution in [3.8, 4) is 11.5 Å². The number of benzene rings is 3. The lowest BCUT2D eigenvalue weighted by atomic mass is 9.86. The molecular weight excluding hydrogens is 600 g/mol. The van der Waals surface area contributed by atoms with Gasteiger partial charge in [-0.2, -0.15) is 0 Å². The molecule has 10 heteroatoms. The van der Waals surface area contributed by atoms with Crippen LogP contribution >= 0.6 is 0 Å². The van der Waals surface area contributed by atoms with Crippen molar-refractivity contribution < 1.29 is 33.6 Å². The standard InChI is InChI=1S/C37H44N2O8/c1-43-20-5-9-34(28-11-10-27-14-17-36(40)38-32(27)23-28)47-35-24-39(37(41)42)19-18-31(35)26-12-15-30(16-13-26)46-22-6-21-45-25-29-7-3-4-8-33(29)44-2/h3-4,7-8,10-17,23,31,34-35H,5-6,9,18-22,24-25H2,1-2H3,(H,38,40)(H,41,42). The van der Waals surface area contributed by atoms with Crippen LogP contribution in [0.5, 0.6) is 11.5 Å². The maximum atomic E-state index is 12.0. The molecular formula is C37H44N2O8. The van der Waals surface area contributed by atoms with Crippen LogP contribution < -0.4 is 15.0 Å². The highest BCUT2D eigenvalue weighted by Gasteiger charge is 2.35. The topological polar surface area (TPSA) is 120 Å². The monoisotopic (exact) mass is 644 g/mol. The zero-order valence-electron chi connectivity index (χ0n) is 27.1. The zero-order chi connectivity index (χ0) is 33.0. The number of aromatic amines is 1. The Labute approximate surface area is 275 Å². The third-order valence-corrected chi connectivity index (χ3v) is 8.56. The first-order chi connectivity index (χ1) is 22.9. The first kappa shape index (κ1) is 34.0. The average molecular weight is 645 g/mol. The molecule has 1 amide bonds. The van der Waals surface area contributed by atoms with E-state index in [1.54, 1.807) is 20.3 Å². The number of rotatable bonds is 16. The number of para-hydroxylation sites is 1. The minimum Gasteiger partial charge on any atom is -0.496 e. The summed E-state index contributed by atoms with van der Waals surface area (Å²) in [5.41, 5.74) is 3.59. The van der Waals surface area contributed by atoms with Crippen molar-refractivity contribution in [2.45, 2.75) is 50.4 Å². The van der Waals surface area contributed by atoms with Crippen LogP contribution in [0, 0.1) is 0 Å². The number of carbonyl (C=O) groups is 1. The van der Waals surface area contributed by atoms with E-state index < -0.39 is 6.09 Å². The summed E-state index contributed by atoms with van der Waals surface area (Å²) in [7, 11) is 3.33. The van der Waals surface area contributed by atoms with E-state index in [1.807, 2.05) is 66.7 Å². The number of methoxy groups -OCH3 is 2. The normalized spacial score (nSPS) is 17.0. The third kappa shape index (κ3) is 9.34. The molecule has 5 rings (SSSR count). The largest absolute Gasteiger partial charge is 0.496 e. The van der Waals surface area contributed by atoms with Crippen LogP contribution in [0.4, 0.5) is 4.79 Å². The average Bonchev–Trinajstić information content (AvgIpc) is 3.09. The number of hydrogen-bond donors (Lipinski definition) is 2. The number of piperidine rings is 1. The minimum atomic E-state index is -0.952. The Kier molecular flexibility index (Phi) is 12.3. The molecule has 3 atom stereocenters. The van der Waals surface area contributed by atoms with Gasteiger partial charge in [-0.05, 0) is 66.1 Å². The van der Waals surface area contributed by atoms with Gasteiger partial charge in [-0.25, -0.2) is 4.79 Å². The molecule has 10 nitrogen and oxygen atoms in total. The number of aromatic nitrogens is 1. The summed E-state index contributed by atoms with van der Waals surface area (Å²) in [5, 5.41) is 10.8. The molecule has 2 N–H and O–H groups in total. The molecule has 47 heavy (non-hydrogen) atoms. The first-order valence-corrected chi connectivity index (χ1v) is 16.1. The summed E-state index contributed by atoms with van der Waals surface area (Å²) in [6, 6.07) is 25.1. The molecule has 1 fully saturated rings. The van der Waals surface area contributed by atoms with Crippen molar-refractivity contribution in [2.24, 2.45) is 0 Å². The highest BCUT2D eigenvalue weighted by atomic mass is 16.5. The second-order valence-corrected chi connectivity index (χ2v) is 11.7. The number of likely N-dealkylation sites (tertiary alicyclic amines) is 1. The number of hydrogen-bond acceptors (Lipinski definition) is 7. The van der Waals surface area contributed by atoms with E-state index in [4.69, 9.17) is 23.7 Å². The predicted molar refractivity (Wildman–Crippen MR) is 179 cm³/mol. The summed E-state index contributed by atoms with van der Waals surface area (Å²) in [5.74, 6) is 1.58. The lowest BCUT2D eigenvalue weighted by molar-refractivity contribution is -0.0623. The van der Waals surface area contributed by atoms with Crippen molar-refractivity contribution in [3.05, 3.63) is 106 Å². The van der Waals surface area contributed by atoms with Crippen LogP contribution in [-0.4, -0.2) is 74.3 Å². The van der Waals surface area contributed by atoms with Crippen molar-refractivity contribution in [3.63, 3.8) is 0 Å². The molecule has 3 unspecified atom stereocenters.